The molecule has 14 heavy (non-hydrogen) atoms. The molecule has 84 valence electrons. The smallest absolute Gasteiger partial charge is 0.0469 e. The third-order valence-corrected chi connectivity index (χ3v) is 3.13. The summed E-state index contributed by atoms with van der Waals surface area (Å²) < 4.78 is 5.59. The first kappa shape index (κ1) is 12.0. The van der Waals surface area contributed by atoms with Crippen LogP contribution in [0.3, 0.4) is 0 Å². The van der Waals surface area contributed by atoms with Crippen LogP contribution < -0.4 is 0 Å². The summed E-state index contributed by atoms with van der Waals surface area (Å²) in [5.41, 5.74) is 0. The lowest BCUT2D eigenvalue weighted by molar-refractivity contribution is 0.118. The van der Waals surface area contributed by atoms with Gasteiger partial charge in [-0.2, -0.15) is 0 Å². The molecule has 0 N–H and O–H groups in total. The molecule has 0 bridgehead atoms. The molecule has 0 aromatic carbocycles. The van der Waals surface area contributed by atoms with Gasteiger partial charge < -0.3 is 9.64 Å². The molecule has 0 aromatic heterocycles. The number of hydrogen-bond donors (Lipinski definition) is 0. The molecule has 0 radical (unpaired) electrons. The summed E-state index contributed by atoms with van der Waals surface area (Å²) in [5, 5.41) is 0. The monoisotopic (exact) mass is 199 g/mol. The van der Waals surface area contributed by atoms with Crippen molar-refractivity contribution in [2.24, 2.45) is 5.92 Å². The Morgan fingerprint density at radius 2 is 2.14 bits per heavy atom. The average Bonchev–Trinajstić information content (AvgIpc) is 2.65. The third-order valence-electron chi connectivity index (χ3n) is 3.13. The van der Waals surface area contributed by atoms with Gasteiger partial charge in [-0.3, -0.25) is 0 Å². The molecule has 0 saturated carbocycles. The number of rotatable bonds is 7. The number of likely N-dealkylation sites (tertiary alicyclic amines) is 1. The average molecular weight is 199 g/mol. The van der Waals surface area contributed by atoms with E-state index >= 15 is 0 Å². The molecule has 0 spiro atoms. The molecule has 1 rings (SSSR count). The molecule has 1 heterocycles. The molecule has 2 heteroatoms. The second-order valence-electron chi connectivity index (χ2n) is 4.30. The van der Waals surface area contributed by atoms with Crippen molar-refractivity contribution in [3.05, 3.63) is 0 Å². The minimum absolute atomic E-state index is 0.900. The quantitative estimate of drug-likeness (QED) is 0.584. The van der Waals surface area contributed by atoms with E-state index in [0.29, 0.717) is 0 Å². The van der Waals surface area contributed by atoms with Crippen LogP contribution in [0.5, 0.6) is 0 Å². The number of nitrogens with zero attached hydrogens (tertiary/aromatic N) is 1. The Balaban J connectivity index is 1.92. The Morgan fingerprint density at radius 3 is 2.79 bits per heavy atom. The Hall–Kier alpha value is -0.0800. The van der Waals surface area contributed by atoms with E-state index in [2.05, 4.69) is 18.7 Å². The first-order chi connectivity index (χ1) is 6.86. The molecule has 1 aliphatic rings. The van der Waals surface area contributed by atoms with Crippen molar-refractivity contribution in [2.45, 2.75) is 39.5 Å². The fourth-order valence-electron chi connectivity index (χ4n) is 2.03. The highest BCUT2D eigenvalue weighted by Gasteiger charge is 2.20. The minimum Gasteiger partial charge on any atom is -0.381 e. The highest BCUT2D eigenvalue weighted by molar-refractivity contribution is 4.74. The van der Waals surface area contributed by atoms with Crippen LogP contribution in [0.1, 0.15) is 39.5 Å². The highest BCUT2D eigenvalue weighted by atomic mass is 16.5. The van der Waals surface area contributed by atoms with E-state index < -0.39 is 0 Å². The van der Waals surface area contributed by atoms with Crippen molar-refractivity contribution in [1.29, 1.82) is 0 Å². The molecule has 1 unspecified atom stereocenters. The van der Waals surface area contributed by atoms with Gasteiger partial charge in [-0.15, -0.1) is 0 Å². The summed E-state index contributed by atoms with van der Waals surface area (Å²) in [6.07, 6.45) is 5.10. The summed E-state index contributed by atoms with van der Waals surface area (Å²) in [5.74, 6) is 0.900. The normalized spacial score (nSPS) is 23.1. The molecule has 1 atom stereocenters. The van der Waals surface area contributed by atoms with E-state index in [1.165, 1.54) is 45.3 Å². The Kier molecular flexibility index (Phi) is 6.20. The van der Waals surface area contributed by atoms with Crippen LogP contribution >= 0.6 is 0 Å². The Morgan fingerprint density at radius 1 is 1.29 bits per heavy atom. The zero-order chi connectivity index (χ0) is 10.2. The predicted octanol–water partition coefficient (Wildman–Crippen LogP) is 2.54. The van der Waals surface area contributed by atoms with Crippen LogP contribution in [0.4, 0.5) is 0 Å². The minimum atomic E-state index is 0.900. The molecule has 2 nitrogen and oxygen atoms in total. The predicted molar refractivity (Wildman–Crippen MR) is 60.6 cm³/mol. The van der Waals surface area contributed by atoms with E-state index in [9.17, 15) is 0 Å². The maximum Gasteiger partial charge on any atom is 0.0469 e. The lowest BCUT2D eigenvalue weighted by Gasteiger charge is -2.12. The van der Waals surface area contributed by atoms with Crippen molar-refractivity contribution in [1.82, 2.24) is 4.90 Å². The number of hydrogen-bond acceptors (Lipinski definition) is 2. The lowest BCUT2D eigenvalue weighted by atomic mass is 10.1. The van der Waals surface area contributed by atoms with Crippen LogP contribution in [-0.4, -0.2) is 37.7 Å². The van der Waals surface area contributed by atoms with E-state index in [0.717, 1.165) is 19.1 Å². The highest BCUT2D eigenvalue weighted by Crippen LogP contribution is 2.18. The van der Waals surface area contributed by atoms with Crippen LogP contribution in [0.15, 0.2) is 0 Å². The summed E-state index contributed by atoms with van der Waals surface area (Å²) in [4.78, 5) is 2.54. The zero-order valence-corrected chi connectivity index (χ0v) is 9.80. The SMILES string of the molecule is CCCCOCCC1CCN(CC)C1. The van der Waals surface area contributed by atoms with Gasteiger partial charge in [0.05, 0.1) is 0 Å². The van der Waals surface area contributed by atoms with Gasteiger partial charge in [0.1, 0.15) is 0 Å². The van der Waals surface area contributed by atoms with Crippen molar-refractivity contribution in [3.8, 4) is 0 Å². The van der Waals surface area contributed by atoms with Crippen molar-refractivity contribution >= 4 is 0 Å². The maximum atomic E-state index is 5.59. The molecule has 1 fully saturated rings. The topological polar surface area (TPSA) is 12.5 Å². The molecule has 0 aliphatic carbocycles. The van der Waals surface area contributed by atoms with Gasteiger partial charge in [0.2, 0.25) is 0 Å². The van der Waals surface area contributed by atoms with E-state index in [-0.39, 0.29) is 0 Å². The van der Waals surface area contributed by atoms with Gasteiger partial charge in [-0.1, -0.05) is 20.3 Å². The largest absolute Gasteiger partial charge is 0.381 e. The van der Waals surface area contributed by atoms with Gasteiger partial charge in [0.15, 0.2) is 0 Å². The summed E-state index contributed by atoms with van der Waals surface area (Å²) in [7, 11) is 0. The van der Waals surface area contributed by atoms with E-state index in [4.69, 9.17) is 4.74 Å². The Bertz CT molecular complexity index is 138. The summed E-state index contributed by atoms with van der Waals surface area (Å²) in [6.45, 7) is 10.2. The van der Waals surface area contributed by atoms with Crippen LogP contribution in [0.25, 0.3) is 0 Å². The number of ether oxygens (including phenoxy) is 1. The summed E-state index contributed by atoms with van der Waals surface area (Å²) in [6, 6.07) is 0. The fraction of sp³-hybridized carbons (Fsp3) is 1.00. The van der Waals surface area contributed by atoms with E-state index in [1.54, 1.807) is 0 Å². The second kappa shape index (κ2) is 7.24. The van der Waals surface area contributed by atoms with Crippen LogP contribution in [-0.2, 0) is 4.74 Å². The molecule has 0 aromatic rings. The lowest BCUT2D eigenvalue weighted by Crippen LogP contribution is -2.20. The fourth-order valence-corrected chi connectivity index (χ4v) is 2.03. The maximum absolute atomic E-state index is 5.59. The van der Waals surface area contributed by atoms with Gasteiger partial charge in [0, 0.05) is 19.8 Å². The second-order valence-corrected chi connectivity index (χ2v) is 4.30. The standard InChI is InChI=1S/C12H25NO/c1-3-5-9-14-10-7-12-6-8-13(4-2)11-12/h12H,3-11H2,1-2H3. The van der Waals surface area contributed by atoms with Crippen molar-refractivity contribution in [2.75, 3.05) is 32.8 Å². The molecule has 0 amide bonds. The van der Waals surface area contributed by atoms with Gasteiger partial charge >= 0.3 is 0 Å². The van der Waals surface area contributed by atoms with Crippen molar-refractivity contribution in [3.63, 3.8) is 0 Å². The van der Waals surface area contributed by atoms with Crippen molar-refractivity contribution < 1.29 is 4.74 Å². The Labute approximate surface area is 88.6 Å². The van der Waals surface area contributed by atoms with Crippen LogP contribution in [0.2, 0.25) is 0 Å². The van der Waals surface area contributed by atoms with Gasteiger partial charge in [-0.25, -0.2) is 0 Å². The molecular formula is C12H25NO. The third kappa shape index (κ3) is 4.43. The molecule has 1 aliphatic heterocycles. The first-order valence-electron chi connectivity index (χ1n) is 6.16. The molecule has 1 saturated heterocycles. The van der Waals surface area contributed by atoms with Gasteiger partial charge in [-0.05, 0) is 38.3 Å². The number of unbranched alkanes of at least 4 members (excludes halogenated alkanes) is 1. The van der Waals surface area contributed by atoms with Crippen LogP contribution in [0, 0.1) is 5.92 Å². The summed E-state index contributed by atoms with van der Waals surface area (Å²) >= 11 is 0. The zero-order valence-electron chi connectivity index (χ0n) is 9.80. The van der Waals surface area contributed by atoms with Gasteiger partial charge in [0.25, 0.3) is 0 Å². The van der Waals surface area contributed by atoms with E-state index in [1.807, 2.05) is 0 Å². The molecular weight excluding hydrogens is 174 g/mol. The first-order valence-corrected chi connectivity index (χ1v) is 6.16.